The number of rotatable bonds is 9. The molecule has 1 atom stereocenters. The number of carbonyl (C=O) groups is 1. The van der Waals surface area contributed by atoms with E-state index in [1.54, 1.807) is 10.6 Å². The van der Waals surface area contributed by atoms with E-state index < -0.39 is 0 Å². The number of likely N-dealkylation sites (N-methyl/N-ethyl adjacent to an activating group) is 1. The largest absolute Gasteiger partial charge is 0.309 e. The Bertz CT molecular complexity index is 532. The lowest BCUT2D eigenvalue weighted by Gasteiger charge is -2.21. The molecule has 22 heavy (non-hydrogen) atoms. The highest BCUT2D eigenvalue weighted by Gasteiger charge is 2.21. The zero-order valence-electron chi connectivity index (χ0n) is 14.6. The molecule has 0 bridgehead atoms. The minimum Gasteiger partial charge on any atom is -0.309 e. The smallest absolute Gasteiger partial charge is 0.251 e. The third kappa shape index (κ3) is 5.76. The monoisotopic (exact) mass is 306 g/mol. The molecule has 1 rings (SSSR count). The van der Waals surface area contributed by atoms with Crippen LogP contribution in [-0.4, -0.2) is 35.9 Å². The molecular weight excluding hydrogens is 276 g/mol. The molecule has 0 aromatic carbocycles. The van der Waals surface area contributed by atoms with Gasteiger partial charge in [-0.3, -0.25) is 9.59 Å². The zero-order valence-corrected chi connectivity index (χ0v) is 14.6. The van der Waals surface area contributed by atoms with Gasteiger partial charge in [-0.1, -0.05) is 26.8 Å². The Labute approximate surface area is 134 Å². The Hall–Kier alpha value is -1.42. The van der Waals surface area contributed by atoms with E-state index in [9.17, 15) is 9.59 Å². The summed E-state index contributed by atoms with van der Waals surface area (Å²) in [6.45, 7) is 7.11. The van der Waals surface area contributed by atoms with Crippen LogP contribution in [0.25, 0.3) is 0 Å². The maximum atomic E-state index is 12.4. The SMILES string of the molecule is CCCC(=O)C(CC(C)C)n1cc(CCN(C)C)ccc1=O. The maximum Gasteiger partial charge on any atom is 0.251 e. The summed E-state index contributed by atoms with van der Waals surface area (Å²) in [5.41, 5.74) is 1.02. The number of ketones is 1. The van der Waals surface area contributed by atoms with Crippen LogP contribution in [0.4, 0.5) is 0 Å². The Morgan fingerprint density at radius 1 is 1.27 bits per heavy atom. The first-order valence-electron chi connectivity index (χ1n) is 8.23. The Morgan fingerprint density at radius 2 is 1.95 bits per heavy atom. The van der Waals surface area contributed by atoms with Crippen molar-refractivity contribution in [3.05, 3.63) is 34.2 Å². The van der Waals surface area contributed by atoms with E-state index in [1.165, 1.54) is 0 Å². The molecule has 0 amide bonds. The van der Waals surface area contributed by atoms with Crippen molar-refractivity contribution >= 4 is 5.78 Å². The van der Waals surface area contributed by atoms with Gasteiger partial charge in [0.1, 0.15) is 0 Å². The van der Waals surface area contributed by atoms with Gasteiger partial charge in [0.2, 0.25) is 0 Å². The summed E-state index contributed by atoms with van der Waals surface area (Å²) in [5, 5.41) is 0. The maximum absolute atomic E-state index is 12.4. The van der Waals surface area contributed by atoms with Gasteiger partial charge < -0.3 is 9.47 Å². The fourth-order valence-corrected chi connectivity index (χ4v) is 2.55. The van der Waals surface area contributed by atoms with Crippen molar-refractivity contribution in [2.45, 2.75) is 52.5 Å². The summed E-state index contributed by atoms with van der Waals surface area (Å²) in [7, 11) is 4.06. The van der Waals surface area contributed by atoms with Crippen molar-refractivity contribution in [2.24, 2.45) is 5.92 Å². The summed E-state index contributed by atoms with van der Waals surface area (Å²) in [5.74, 6) is 0.547. The van der Waals surface area contributed by atoms with Crippen LogP contribution in [0.2, 0.25) is 0 Å². The average Bonchev–Trinajstić information content (AvgIpc) is 2.44. The predicted octanol–water partition coefficient (Wildman–Crippen LogP) is 2.91. The van der Waals surface area contributed by atoms with Gasteiger partial charge in [-0.05, 0) is 44.8 Å². The van der Waals surface area contributed by atoms with Crippen LogP contribution in [0.1, 0.15) is 51.6 Å². The lowest BCUT2D eigenvalue weighted by molar-refractivity contribution is -0.122. The summed E-state index contributed by atoms with van der Waals surface area (Å²) < 4.78 is 1.66. The molecule has 4 nitrogen and oxygen atoms in total. The number of aromatic nitrogens is 1. The molecule has 0 aliphatic carbocycles. The first-order valence-corrected chi connectivity index (χ1v) is 8.23. The first-order chi connectivity index (χ1) is 10.3. The van der Waals surface area contributed by atoms with Crippen molar-refractivity contribution in [1.29, 1.82) is 0 Å². The second-order valence-electron chi connectivity index (χ2n) is 6.70. The molecule has 4 heteroatoms. The average molecular weight is 306 g/mol. The molecule has 0 saturated heterocycles. The molecular formula is C18H30N2O2. The van der Waals surface area contributed by atoms with Gasteiger partial charge >= 0.3 is 0 Å². The van der Waals surface area contributed by atoms with Crippen LogP contribution >= 0.6 is 0 Å². The lowest BCUT2D eigenvalue weighted by Crippen LogP contribution is -2.30. The summed E-state index contributed by atoms with van der Waals surface area (Å²) in [4.78, 5) is 26.8. The summed E-state index contributed by atoms with van der Waals surface area (Å²) in [6.07, 6.45) is 4.83. The lowest BCUT2D eigenvalue weighted by atomic mass is 9.97. The van der Waals surface area contributed by atoms with E-state index in [2.05, 4.69) is 18.7 Å². The molecule has 1 heterocycles. The standard InChI is InChI=1S/C18H30N2O2/c1-6-7-17(21)16(12-14(2)3)20-13-15(8-9-18(20)22)10-11-19(4)5/h8-9,13-14,16H,6-7,10-12H2,1-5H3. The second kappa shape index (κ2) is 8.89. The van der Waals surface area contributed by atoms with Crippen LogP contribution in [-0.2, 0) is 11.2 Å². The normalized spacial score (nSPS) is 12.9. The van der Waals surface area contributed by atoms with E-state index in [-0.39, 0.29) is 17.4 Å². The second-order valence-corrected chi connectivity index (χ2v) is 6.70. The first kappa shape index (κ1) is 18.6. The van der Waals surface area contributed by atoms with Gasteiger partial charge in [-0.2, -0.15) is 0 Å². The molecule has 0 saturated carbocycles. The zero-order chi connectivity index (χ0) is 16.7. The topological polar surface area (TPSA) is 42.3 Å². The van der Waals surface area contributed by atoms with E-state index in [1.807, 2.05) is 33.3 Å². The predicted molar refractivity (Wildman–Crippen MR) is 91.4 cm³/mol. The number of hydrogen-bond acceptors (Lipinski definition) is 3. The van der Waals surface area contributed by atoms with Crippen molar-refractivity contribution in [1.82, 2.24) is 9.47 Å². The van der Waals surface area contributed by atoms with E-state index >= 15 is 0 Å². The minimum absolute atomic E-state index is 0.0799. The van der Waals surface area contributed by atoms with Gasteiger partial charge in [0.25, 0.3) is 5.56 Å². The minimum atomic E-state index is -0.327. The highest BCUT2D eigenvalue weighted by atomic mass is 16.1. The van der Waals surface area contributed by atoms with Crippen molar-refractivity contribution in [2.75, 3.05) is 20.6 Å². The van der Waals surface area contributed by atoms with E-state index in [0.29, 0.717) is 12.3 Å². The molecule has 1 aromatic rings. The van der Waals surface area contributed by atoms with Gasteiger partial charge in [0.15, 0.2) is 5.78 Å². The van der Waals surface area contributed by atoms with Crippen molar-refractivity contribution in [3.8, 4) is 0 Å². The van der Waals surface area contributed by atoms with Crippen LogP contribution in [0.5, 0.6) is 0 Å². The molecule has 0 aliphatic rings. The number of nitrogens with zero attached hydrogens (tertiary/aromatic N) is 2. The van der Waals surface area contributed by atoms with E-state index in [4.69, 9.17) is 0 Å². The van der Waals surface area contributed by atoms with Gasteiger partial charge in [-0.15, -0.1) is 0 Å². The fraction of sp³-hybridized carbons (Fsp3) is 0.667. The highest BCUT2D eigenvalue weighted by molar-refractivity contribution is 5.82. The van der Waals surface area contributed by atoms with Crippen LogP contribution < -0.4 is 5.56 Å². The fourth-order valence-electron chi connectivity index (χ4n) is 2.55. The molecule has 124 valence electrons. The van der Waals surface area contributed by atoms with Crippen molar-refractivity contribution < 1.29 is 4.79 Å². The third-order valence-corrected chi connectivity index (χ3v) is 3.75. The summed E-state index contributed by atoms with van der Waals surface area (Å²) in [6, 6.07) is 3.14. The third-order valence-electron chi connectivity index (χ3n) is 3.75. The molecule has 1 aromatic heterocycles. The Kier molecular flexibility index (Phi) is 7.52. The molecule has 0 fully saturated rings. The Balaban J connectivity index is 3.08. The number of Topliss-reactive ketones (excluding diaryl/α,β-unsaturated/α-hetero) is 1. The van der Waals surface area contributed by atoms with Gasteiger partial charge in [0.05, 0.1) is 6.04 Å². The van der Waals surface area contributed by atoms with Gasteiger partial charge in [0, 0.05) is 25.2 Å². The molecule has 0 N–H and O–H groups in total. The summed E-state index contributed by atoms with van der Waals surface area (Å²) >= 11 is 0. The quantitative estimate of drug-likeness (QED) is 0.704. The van der Waals surface area contributed by atoms with Crippen LogP contribution in [0, 0.1) is 5.92 Å². The molecule has 1 unspecified atom stereocenters. The number of pyridine rings is 1. The van der Waals surface area contributed by atoms with Crippen LogP contribution in [0.3, 0.4) is 0 Å². The van der Waals surface area contributed by atoms with Crippen LogP contribution in [0.15, 0.2) is 23.1 Å². The number of carbonyl (C=O) groups excluding carboxylic acids is 1. The highest BCUT2D eigenvalue weighted by Crippen LogP contribution is 2.20. The van der Waals surface area contributed by atoms with E-state index in [0.717, 1.165) is 31.4 Å². The Morgan fingerprint density at radius 3 is 2.50 bits per heavy atom. The number of hydrogen-bond donors (Lipinski definition) is 0. The molecule has 0 aliphatic heterocycles. The van der Waals surface area contributed by atoms with Gasteiger partial charge in [-0.25, -0.2) is 0 Å². The molecule has 0 spiro atoms. The molecule has 0 radical (unpaired) electrons. The van der Waals surface area contributed by atoms with Crippen molar-refractivity contribution in [3.63, 3.8) is 0 Å².